The normalized spacial score (nSPS) is 19.2. The first kappa shape index (κ1) is 14.7. The van der Waals surface area contributed by atoms with Crippen LogP contribution < -0.4 is 16.8 Å². The molecule has 0 radical (unpaired) electrons. The van der Waals surface area contributed by atoms with Gasteiger partial charge in [0.25, 0.3) is 0 Å². The first-order chi connectivity index (χ1) is 11.0. The molecular weight excluding hydrogens is 298 g/mol. The third-order valence-electron chi connectivity index (χ3n) is 3.33. The number of anilines is 1. The molecule has 2 heterocycles. The summed E-state index contributed by atoms with van der Waals surface area (Å²) in [5.41, 5.74) is 12.4. The van der Waals surface area contributed by atoms with Crippen LogP contribution in [0.3, 0.4) is 0 Å². The highest BCUT2D eigenvalue weighted by molar-refractivity contribution is 6.23. The van der Waals surface area contributed by atoms with Crippen molar-refractivity contribution < 1.29 is 9.90 Å². The summed E-state index contributed by atoms with van der Waals surface area (Å²) < 4.78 is 0. The van der Waals surface area contributed by atoms with Crippen LogP contribution in [0.5, 0.6) is 0 Å². The number of nitrogens with one attached hydrogen (secondary N) is 1. The summed E-state index contributed by atoms with van der Waals surface area (Å²) in [5.74, 6) is 0.524. The zero-order valence-corrected chi connectivity index (χ0v) is 12.1. The number of aliphatic imine (C=N–C) groups is 4. The van der Waals surface area contributed by atoms with E-state index in [4.69, 9.17) is 16.6 Å². The quantitative estimate of drug-likeness (QED) is 0.605. The third-order valence-corrected chi connectivity index (χ3v) is 3.33. The van der Waals surface area contributed by atoms with E-state index < -0.39 is 12.0 Å². The van der Waals surface area contributed by atoms with Crippen LogP contribution in [0.2, 0.25) is 0 Å². The van der Waals surface area contributed by atoms with Gasteiger partial charge in [-0.3, -0.25) is 4.99 Å². The fourth-order valence-corrected chi connectivity index (χ4v) is 2.22. The van der Waals surface area contributed by atoms with E-state index in [9.17, 15) is 4.79 Å². The Balaban J connectivity index is 1.57. The molecule has 2 aliphatic rings. The van der Waals surface area contributed by atoms with Crippen molar-refractivity contribution >= 4 is 35.1 Å². The molecule has 6 N–H and O–H groups in total. The first-order valence-electron chi connectivity index (χ1n) is 6.93. The average molecular weight is 313 g/mol. The molecule has 1 aromatic carbocycles. The molecular formula is C14H15N7O2. The number of rotatable bonds is 5. The summed E-state index contributed by atoms with van der Waals surface area (Å²) in [6.45, 7) is 0.588. The predicted octanol–water partition coefficient (Wildman–Crippen LogP) is 0.0515. The second kappa shape index (κ2) is 5.87. The molecule has 0 fully saturated rings. The van der Waals surface area contributed by atoms with E-state index in [-0.39, 0.29) is 11.5 Å². The van der Waals surface area contributed by atoms with E-state index in [0.717, 1.165) is 5.69 Å². The topological polar surface area (TPSA) is 151 Å². The van der Waals surface area contributed by atoms with E-state index >= 15 is 0 Å². The van der Waals surface area contributed by atoms with Gasteiger partial charge >= 0.3 is 5.97 Å². The van der Waals surface area contributed by atoms with Gasteiger partial charge in [0.15, 0.2) is 11.9 Å². The molecule has 0 aromatic heterocycles. The highest BCUT2D eigenvalue weighted by Crippen LogP contribution is 2.14. The molecule has 9 heteroatoms. The summed E-state index contributed by atoms with van der Waals surface area (Å²) in [6.07, 6.45) is 0.573. The number of nitrogens with zero attached hydrogens (tertiary/aromatic N) is 4. The fraction of sp³-hybridized carbons (Fsp3) is 0.214. The molecule has 3 rings (SSSR count). The number of aromatic carboxylic acids is 1. The lowest BCUT2D eigenvalue weighted by molar-refractivity contribution is 0.0697. The molecule has 0 spiro atoms. The van der Waals surface area contributed by atoms with Crippen LogP contribution in [0.1, 0.15) is 16.8 Å². The van der Waals surface area contributed by atoms with Gasteiger partial charge in [-0.05, 0) is 24.3 Å². The van der Waals surface area contributed by atoms with Gasteiger partial charge in [-0.1, -0.05) is 0 Å². The Kier molecular flexibility index (Phi) is 3.75. The maximum atomic E-state index is 10.8. The zero-order valence-electron chi connectivity index (χ0n) is 12.1. The molecule has 0 aliphatic carbocycles. The second-order valence-electron chi connectivity index (χ2n) is 4.98. The number of guanidine groups is 1. The highest BCUT2D eigenvalue weighted by atomic mass is 16.4. The number of carbonyl (C=O) groups is 1. The van der Waals surface area contributed by atoms with Crippen LogP contribution >= 0.6 is 0 Å². The summed E-state index contributed by atoms with van der Waals surface area (Å²) in [6, 6.07) is 6.07. The van der Waals surface area contributed by atoms with Crippen molar-refractivity contribution in [3.63, 3.8) is 0 Å². The van der Waals surface area contributed by atoms with Crippen LogP contribution in [-0.2, 0) is 0 Å². The molecule has 1 atom stereocenters. The molecule has 0 amide bonds. The van der Waals surface area contributed by atoms with Crippen molar-refractivity contribution in [1.29, 1.82) is 0 Å². The molecule has 0 saturated carbocycles. The molecule has 9 nitrogen and oxygen atoms in total. The Morgan fingerprint density at radius 3 is 2.61 bits per heavy atom. The summed E-state index contributed by atoms with van der Waals surface area (Å²) >= 11 is 0. The number of benzene rings is 1. The molecule has 0 bridgehead atoms. The molecule has 0 saturated heterocycles. The van der Waals surface area contributed by atoms with Crippen molar-refractivity contribution in [3.05, 3.63) is 29.8 Å². The minimum atomic E-state index is -0.950. The molecule has 1 unspecified atom stereocenters. The standard InChI is InChI=1S/C14H15N7O2/c15-11-10-12(21-14(16)20-11)19-9(18-10)5-6-17-8-3-1-7(2-4-8)13(22)23/h1-4,10,17H,5-6H2,(H,22,23)(H4,15,16,18,19,20,21). The monoisotopic (exact) mass is 313 g/mol. The smallest absolute Gasteiger partial charge is 0.335 e. The van der Waals surface area contributed by atoms with Crippen LogP contribution in [0, 0.1) is 0 Å². The molecule has 118 valence electrons. The number of fused-ring (bicyclic) bond motifs is 1. The summed E-state index contributed by atoms with van der Waals surface area (Å²) in [5, 5.41) is 12.0. The van der Waals surface area contributed by atoms with Crippen LogP contribution in [0.25, 0.3) is 0 Å². The maximum absolute atomic E-state index is 10.8. The number of hydrogen-bond donors (Lipinski definition) is 4. The third kappa shape index (κ3) is 3.18. The van der Waals surface area contributed by atoms with Crippen molar-refractivity contribution in [2.45, 2.75) is 12.5 Å². The lowest BCUT2D eigenvalue weighted by Gasteiger charge is -2.11. The van der Waals surface area contributed by atoms with Crippen LogP contribution in [0.4, 0.5) is 5.69 Å². The Morgan fingerprint density at radius 1 is 1.17 bits per heavy atom. The van der Waals surface area contributed by atoms with Gasteiger partial charge in [-0.15, -0.1) is 0 Å². The van der Waals surface area contributed by atoms with Gasteiger partial charge in [0.2, 0.25) is 5.96 Å². The Morgan fingerprint density at radius 2 is 1.91 bits per heavy atom. The van der Waals surface area contributed by atoms with E-state index in [1.54, 1.807) is 24.3 Å². The Bertz CT molecular complexity index is 762. The highest BCUT2D eigenvalue weighted by Gasteiger charge is 2.29. The van der Waals surface area contributed by atoms with E-state index in [0.29, 0.717) is 30.5 Å². The van der Waals surface area contributed by atoms with Crippen molar-refractivity contribution in [1.82, 2.24) is 0 Å². The van der Waals surface area contributed by atoms with Gasteiger partial charge in [0.1, 0.15) is 11.7 Å². The Labute approximate surface area is 131 Å². The number of nitrogens with two attached hydrogens (primary N) is 2. The molecule has 1 aromatic rings. The van der Waals surface area contributed by atoms with Gasteiger partial charge in [-0.25, -0.2) is 9.79 Å². The zero-order chi connectivity index (χ0) is 16.4. The number of carboxylic acids is 1. The van der Waals surface area contributed by atoms with Gasteiger partial charge in [-0.2, -0.15) is 9.98 Å². The minimum absolute atomic E-state index is 0.0885. The second-order valence-corrected chi connectivity index (χ2v) is 4.98. The minimum Gasteiger partial charge on any atom is -0.478 e. The van der Waals surface area contributed by atoms with Gasteiger partial charge in [0, 0.05) is 18.7 Å². The largest absolute Gasteiger partial charge is 0.478 e. The maximum Gasteiger partial charge on any atom is 0.335 e. The SMILES string of the molecule is NC1=NC2=NC(CCNc3ccc(C(=O)O)cc3)=NC2C(N)=N1. The van der Waals surface area contributed by atoms with E-state index in [1.807, 2.05) is 0 Å². The summed E-state index contributed by atoms with van der Waals surface area (Å²) in [7, 11) is 0. The van der Waals surface area contributed by atoms with Crippen LogP contribution in [-0.4, -0.2) is 47.1 Å². The van der Waals surface area contributed by atoms with E-state index in [2.05, 4.69) is 25.3 Å². The predicted molar refractivity (Wildman–Crippen MR) is 88.4 cm³/mol. The van der Waals surface area contributed by atoms with Crippen molar-refractivity contribution in [3.8, 4) is 0 Å². The van der Waals surface area contributed by atoms with Crippen molar-refractivity contribution in [2.75, 3.05) is 11.9 Å². The number of carboxylic acid groups (broad SMARTS) is 1. The number of amidine groups is 3. The molecule has 23 heavy (non-hydrogen) atoms. The van der Waals surface area contributed by atoms with Crippen molar-refractivity contribution in [2.24, 2.45) is 31.4 Å². The first-order valence-corrected chi connectivity index (χ1v) is 6.93. The summed E-state index contributed by atoms with van der Waals surface area (Å²) in [4.78, 5) is 27.4. The molecule has 2 aliphatic heterocycles. The van der Waals surface area contributed by atoms with Crippen LogP contribution in [0.15, 0.2) is 44.2 Å². The fourth-order valence-electron chi connectivity index (χ4n) is 2.22. The number of hydrogen-bond acceptors (Lipinski definition) is 8. The van der Waals surface area contributed by atoms with Gasteiger partial charge in [0.05, 0.1) is 5.56 Å². The average Bonchev–Trinajstić information content (AvgIpc) is 2.91. The lowest BCUT2D eigenvalue weighted by Crippen LogP contribution is -2.38. The van der Waals surface area contributed by atoms with Gasteiger partial charge < -0.3 is 21.9 Å². The lowest BCUT2D eigenvalue weighted by atomic mass is 10.2. The Hall–Kier alpha value is -3.23. The van der Waals surface area contributed by atoms with E-state index in [1.165, 1.54) is 0 Å².